The van der Waals surface area contributed by atoms with Gasteiger partial charge in [-0.2, -0.15) is 0 Å². The van der Waals surface area contributed by atoms with E-state index in [2.05, 4.69) is 40.4 Å². The van der Waals surface area contributed by atoms with Crippen molar-refractivity contribution in [3.8, 4) is 0 Å². The van der Waals surface area contributed by atoms with Crippen molar-refractivity contribution in [2.75, 3.05) is 13.1 Å². The molecule has 4 heteroatoms. The molecule has 0 atom stereocenters. The summed E-state index contributed by atoms with van der Waals surface area (Å²) in [5, 5.41) is 5.18. The summed E-state index contributed by atoms with van der Waals surface area (Å²) in [7, 11) is 0. The molecule has 3 nitrogen and oxygen atoms in total. The van der Waals surface area contributed by atoms with Gasteiger partial charge in [0.1, 0.15) is 0 Å². The van der Waals surface area contributed by atoms with Crippen LogP contribution >= 0.6 is 11.8 Å². The van der Waals surface area contributed by atoms with Crippen LogP contribution in [0.25, 0.3) is 11.0 Å². The molecule has 1 aromatic carbocycles. The Hall–Kier alpha value is -1.00. The molecule has 0 bridgehead atoms. The van der Waals surface area contributed by atoms with Crippen LogP contribution in [0.15, 0.2) is 23.4 Å². The zero-order chi connectivity index (χ0) is 12.4. The third-order valence-corrected chi connectivity index (χ3v) is 4.72. The third-order valence-electron chi connectivity index (χ3n) is 3.50. The second kappa shape index (κ2) is 5.33. The predicted octanol–water partition coefficient (Wildman–Crippen LogP) is 2.97. The van der Waals surface area contributed by atoms with E-state index in [0.29, 0.717) is 5.25 Å². The van der Waals surface area contributed by atoms with Crippen LogP contribution in [0, 0.1) is 0 Å². The maximum absolute atomic E-state index is 4.67. The van der Waals surface area contributed by atoms with Gasteiger partial charge in [-0.25, -0.2) is 4.98 Å². The molecule has 1 fully saturated rings. The Morgan fingerprint density at radius 1 is 1.33 bits per heavy atom. The third kappa shape index (κ3) is 2.54. The molecule has 96 valence electrons. The van der Waals surface area contributed by atoms with Crippen molar-refractivity contribution in [1.29, 1.82) is 0 Å². The molecule has 0 saturated carbocycles. The van der Waals surface area contributed by atoms with E-state index in [-0.39, 0.29) is 0 Å². The molecule has 0 aliphatic carbocycles. The first-order valence-electron chi connectivity index (χ1n) is 6.71. The Balaban J connectivity index is 1.79. The van der Waals surface area contributed by atoms with Gasteiger partial charge in [0.2, 0.25) is 0 Å². The van der Waals surface area contributed by atoms with E-state index in [1.165, 1.54) is 23.9 Å². The van der Waals surface area contributed by atoms with Crippen molar-refractivity contribution in [3.63, 3.8) is 0 Å². The topological polar surface area (TPSA) is 40.7 Å². The molecular formula is C14H19N3S. The smallest absolute Gasteiger partial charge is 0.166 e. The van der Waals surface area contributed by atoms with E-state index in [1.807, 2.05) is 11.8 Å². The minimum atomic E-state index is 0.706. The minimum Gasteiger partial charge on any atom is -0.333 e. The van der Waals surface area contributed by atoms with Gasteiger partial charge in [-0.1, -0.05) is 24.8 Å². The number of aromatic amines is 1. The van der Waals surface area contributed by atoms with Gasteiger partial charge >= 0.3 is 0 Å². The molecule has 2 N–H and O–H groups in total. The van der Waals surface area contributed by atoms with Gasteiger partial charge in [-0.15, -0.1) is 0 Å². The summed E-state index contributed by atoms with van der Waals surface area (Å²) in [6.45, 7) is 4.46. The number of hydrogen-bond donors (Lipinski definition) is 2. The van der Waals surface area contributed by atoms with Crippen molar-refractivity contribution in [1.82, 2.24) is 15.3 Å². The lowest BCUT2D eigenvalue weighted by Gasteiger charge is -2.20. The predicted molar refractivity (Wildman–Crippen MR) is 77.2 cm³/mol. The van der Waals surface area contributed by atoms with E-state index in [1.54, 1.807) is 0 Å². The van der Waals surface area contributed by atoms with E-state index in [9.17, 15) is 0 Å². The molecule has 18 heavy (non-hydrogen) atoms. The van der Waals surface area contributed by atoms with Crippen LogP contribution < -0.4 is 5.32 Å². The summed E-state index contributed by atoms with van der Waals surface area (Å²) in [4.78, 5) is 8.12. The van der Waals surface area contributed by atoms with Crippen LogP contribution in [0.2, 0.25) is 0 Å². The zero-order valence-electron chi connectivity index (χ0n) is 10.7. The van der Waals surface area contributed by atoms with E-state index in [4.69, 9.17) is 0 Å². The summed E-state index contributed by atoms with van der Waals surface area (Å²) in [5.41, 5.74) is 3.62. The van der Waals surface area contributed by atoms with Gasteiger partial charge in [0.15, 0.2) is 5.16 Å². The first kappa shape index (κ1) is 12.1. The Bertz CT molecular complexity index is 529. The van der Waals surface area contributed by atoms with Crippen LogP contribution in [-0.2, 0) is 6.42 Å². The van der Waals surface area contributed by atoms with Crippen LogP contribution in [0.5, 0.6) is 0 Å². The molecule has 1 aromatic heterocycles. The largest absolute Gasteiger partial charge is 0.333 e. The molecule has 0 unspecified atom stereocenters. The Morgan fingerprint density at radius 3 is 2.94 bits per heavy atom. The minimum absolute atomic E-state index is 0.706. The molecule has 1 aliphatic heterocycles. The number of nitrogens with one attached hydrogen (secondary N) is 2. The van der Waals surface area contributed by atoms with Gasteiger partial charge in [-0.3, -0.25) is 0 Å². The molecule has 2 aromatic rings. The normalized spacial score (nSPS) is 17.4. The average molecular weight is 261 g/mol. The van der Waals surface area contributed by atoms with Crippen molar-refractivity contribution in [2.45, 2.75) is 36.6 Å². The first-order chi connectivity index (χ1) is 8.85. The van der Waals surface area contributed by atoms with Gasteiger partial charge in [-0.05, 0) is 50.0 Å². The average Bonchev–Trinajstić information content (AvgIpc) is 2.80. The van der Waals surface area contributed by atoms with Crippen LogP contribution in [-0.4, -0.2) is 28.3 Å². The maximum atomic E-state index is 4.67. The number of hydrogen-bond acceptors (Lipinski definition) is 3. The fourth-order valence-corrected chi connectivity index (χ4v) is 3.49. The van der Waals surface area contributed by atoms with Crippen LogP contribution in [0.3, 0.4) is 0 Å². The van der Waals surface area contributed by atoms with Gasteiger partial charge in [0, 0.05) is 5.25 Å². The number of aromatic nitrogens is 2. The Kier molecular flexibility index (Phi) is 3.57. The van der Waals surface area contributed by atoms with Crippen molar-refractivity contribution in [3.05, 3.63) is 23.8 Å². The molecule has 0 spiro atoms. The van der Waals surface area contributed by atoms with Crippen molar-refractivity contribution >= 4 is 22.8 Å². The quantitative estimate of drug-likeness (QED) is 0.892. The molecule has 2 heterocycles. The number of benzene rings is 1. The standard InChI is InChI=1S/C14H19N3S/c1-2-10-3-4-12-13(9-10)17-14(16-12)18-11-5-7-15-8-6-11/h3-4,9,11,15H,2,5-8H2,1H3,(H,16,17). The second-order valence-corrected chi connectivity index (χ2v) is 6.10. The lowest BCUT2D eigenvalue weighted by atomic mass is 10.1. The summed E-state index contributed by atoms with van der Waals surface area (Å²) in [5.74, 6) is 0. The number of H-pyrrole nitrogens is 1. The van der Waals surface area contributed by atoms with Crippen LogP contribution in [0.1, 0.15) is 25.3 Å². The molecule has 0 amide bonds. The van der Waals surface area contributed by atoms with Crippen molar-refractivity contribution in [2.24, 2.45) is 0 Å². The lowest BCUT2D eigenvalue weighted by molar-refractivity contribution is 0.531. The highest BCUT2D eigenvalue weighted by Gasteiger charge is 2.16. The number of piperidine rings is 1. The van der Waals surface area contributed by atoms with E-state index >= 15 is 0 Å². The first-order valence-corrected chi connectivity index (χ1v) is 7.59. The highest BCUT2D eigenvalue weighted by Crippen LogP contribution is 2.28. The van der Waals surface area contributed by atoms with E-state index < -0.39 is 0 Å². The second-order valence-electron chi connectivity index (χ2n) is 4.81. The molecule has 1 saturated heterocycles. The number of fused-ring (bicyclic) bond motifs is 1. The van der Waals surface area contributed by atoms with Crippen LogP contribution in [0.4, 0.5) is 0 Å². The summed E-state index contributed by atoms with van der Waals surface area (Å²) < 4.78 is 0. The fourth-order valence-electron chi connectivity index (χ4n) is 2.38. The summed E-state index contributed by atoms with van der Waals surface area (Å²) in [6.07, 6.45) is 3.55. The summed E-state index contributed by atoms with van der Waals surface area (Å²) >= 11 is 1.90. The molecular weight excluding hydrogens is 242 g/mol. The molecule has 0 radical (unpaired) electrons. The number of aryl methyl sites for hydroxylation is 1. The molecule has 1 aliphatic rings. The number of rotatable bonds is 3. The van der Waals surface area contributed by atoms with Gasteiger partial charge in [0.25, 0.3) is 0 Å². The SMILES string of the molecule is CCc1ccc2nc(SC3CCNCC3)[nH]c2c1. The maximum Gasteiger partial charge on any atom is 0.166 e. The monoisotopic (exact) mass is 261 g/mol. The lowest BCUT2D eigenvalue weighted by Crippen LogP contribution is -2.29. The zero-order valence-corrected chi connectivity index (χ0v) is 11.5. The highest BCUT2D eigenvalue weighted by molar-refractivity contribution is 7.99. The molecule has 3 rings (SSSR count). The van der Waals surface area contributed by atoms with E-state index in [0.717, 1.165) is 30.2 Å². The van der Waals surface area contributed by atoms with Crippen molar-refractivity contribution < 1.29 is 0 Å². The number of imidazole rings is 1. The Labute approximate surface area is 112 Å². The highest BCUT2D eigenvalue weighted by atomic mass is 32.2. The Morgan fingerprint density at radius 2 is 2.17 bits per heavy atom. The number of nitrogens with zero attached hydrogens (tertiary/aromatic N) is 1. The fraction of sp³-hybridized carbons (Fsp3) is 0.500. The van der Waals surface area contributed by atoms with Gasteiger partial charge < -0.3 is 10.3 Å². The summed E-state index contributed by atoms with van der Waals surface area (Å²) in [6, 6.07) is 6.51. The van der Waals surface area contributed by atoms with Gasteiger partial charge in [0.05, 0.1) is 11.0 Å². The number of thioether (sulfide) groups is 1.